The summed E-state index contributed by atoms with van der Waals surface area (Å²) in [5.41, 5.74) is 2.96. The van der Waals surface area contributed by atoms with Crippen molar-refractivity contribution in [3.05, 3.63) is 29.8 Å². The molecule has 0 spiro atoms. The number of carbonyl (C=O) groups is 1. The molecule has 0 unspecified atom stereocenters. The lowest BCUT2D eigenvalue weighted by Gasteiger charge is -2.22. The number of hydrogen-bond acceptors (Lipinski definition) is 6. The van der Waals surface area contributed by atoms with E-state index in [-0.39, 0.29) is 17.9 Å². The molecule has 1 aromatic carbocycles. The second-order valence-corrected chi connectivity index (χ2v) is 6.88. The first-order valence-corrected chi connectivity index (χ1v) is 7.90. The molecule has 1 heterocycles. The van der Waals surface area contributed by atoms with Crippen molar-refractivity contribution in [2.45, 2.75) is 30.3 Å². The normalized spacial score (nSPS) is 23.2. The van der Waals surface area contributed by atoms with Crippen molar-refractivity contribution in [2.75, 3.05) is 13.7 Å². The van der Waals surface area contributed by atoms with Crippen LogP contribution in [0.25, 0.3) is 0 Å². The maximum absolute atomic E-state index is 12.6. The van der Waals surface area contributed by atoms with Crippen LogP contribution in [0.4, 0.5) is 0 Å². The van der Waals surface area contributed by atoms with Crippen LogP contribution in [0.15, 0.2) is 29.2 Å². The maximum Gasteiger partial charge on any atom is 0.324 e. The van der Waals surface area contributed by atoms with E-state index in [1.54, 1.807) is 12.1 Å². The summed E-state index contributed by atoms with van der Waals surface area (Å²) in [4.78, 5) is 11.9. The summed E-state index contributed by atoms with van der Waals surface area (Å²) in [6.45, 7) is 1.86. The Morgan fingerprint density at radius 2 is 2.00 bits per heavy atom. The molecule has 0 bridgehead atoms. The fourth-order valence-corrected chi connectivity index (χ4v) is 3.99. The van der Waals surface area contributed by atoms with Gasteiger partial charge in [0.15, 0.2) is 0 Å². The number of methoxy groups -OCH3 is 1. The highest BCUT2D eigenvalue weighted by atomic mass is 32.2. The standard InChI is InChI=1S/C13H18N2O5S/c1-9-3-5-11(6-4-9)21(18,19)15-8-10(14-17)7-12(15)13(16)20-2/h3-6,10,12,14,17H,7-8H2,1-2H3/t10-,12+/m1/s1. The van der Waals surface area contributed by atoms with Crippen molar-refractivity contribution in [2.24, 2.45) is 0 Å². The number of ether oxygens (including phenoxy) is 1. The van der Waals surface area contributed by atoms with Gasteiger partial charge < -0.3 is 9.94 Å². The minimum Gasteiger partial charge on any atom is -0.468 e. The highest BCUT2D eigenvalue weighted by molar-refractivity contribution is 7.89. The summed E-state index contributed by atoms with van der Waals surface area (Å²) >= 11 is 0. The Bertz CT molecular complexity index is 614. The molecule has 0 radical (unpaired) electrons. The Labute approximate surface area is 123 Å². The van der Waals surface area contributed by atoms with Gasteiger partial charge in [0, 0.05) is 12.6 Å². The summed E-state index contributed by atoms with van der Waals surface area (Å²) in [6, 6.07) is 4.94. The summed E-state index contributed by atoms with van der Waals surface area (Å²) in [6.07, 6.45) is 0.161. The number of benzene rings is 1. The lowest BCUT2D eigenvalue weighted by Crippen LogP contribution is -2.41. The zero-order valence-corrected chi connectivity index (χ0v) is 12.6. The molecule has 0 aliphatic carbocycles. The third-order valence-electron chi connectivity index (χ3n) is 3.54. The van der Waals surface area contributed by atoms with Crippen molar-refractivity contribution >= 4 is 16.0 Å². The molecule has 2 atom stereocenters. The van der Waals surface area contributed by atoms with Crippen LogP contribution in [0, 0.1) is 6.92 Å². The van der Waals surface area contributed by atoms with Gasteiger partial charge in [-0.2, -0.15) is 4.31 Å². The van der Waals surface area contributed by atoms with Gasteiger partial charge in [0.2, 0.25) is 10.0 Å². The lowest BCUT2D eigenvalue weighted by atomic mass is 10.2. The quantitative estimate of drug-likeness (QED) is 0.612. The number of hydroxylamine groups is 1. The number of carbonyl (C=O) groups excluding carboxylic acids is 1. The predicted octanol–water partition coefficient (Wildman–Crippen LogP) is 0.278. The molecular weight excluding hydrogens is 296 g/mol. The van der Waals surface area contributed by atoms with Crippen LogP contribution in [-0.4, -0.2) is 49.6 Å². The van der Waals surface area contributed by atoms with Crippen LogP contribution in [0.1, 0.15) is 12.0 Å². The average molecular weight is 314 g/mol. The number of nitrogens with zero attached hydrogens (tertiary/aromatic N) is 1. The van der Waals surface area contributed by atoms with Gasteiger partial charge in [-0.25, -0.2) is 13.9 Å². The molecule has 1 aliphatic heterocycles. The minimum absolute atomic E-state index is 0.00643. The van der Waals surface area contributed by atoms with Gasteiger partial charge in [-0.15, -0.1) is 0 Å². The van der Waals surface area contributed by atoms with E-state index in [2.05, 4.69) is 4.74 Å². The molecule has 116 valence electrons. The van der Waals surface area contributed by atoms with Gasteiger partial charge in [0.05, 0.1) is 12.0 Å². The van der Waals surface area contributed by atoms with E-state index in [0.717, 1.165) is 9.87 Å². The van der Waals surface area contributed by atoms with Crippen molar-refractivity contribution in [1.29, 1.82) is 0 Å². The summed E-state index contributed by atoms with van der Waals surface area (Å²) < 4.78 is 31.0. The van der Waals surface area contributed by atoms with Crippen molar-refractivity contribution < 1.29 is 23.2 Å². The van der Waals surface area contributed by atoms with Crippen LogP contribution in [0.3, 0.4) is 0 Å². The minimum atomic E-state index is -3.82. The second kappa shape index (κ2) is 6.10. The molecular formula is C13H18N2O5S. The predicted molar refractivity (Wildman–Crippen MR) is 74.2 cm³/mol. The first-order chi connectivity index (χ1) is 9.90. The number of sulfonamides is 1. The summed E-state index contributed by atoms with van der Waals surface area (Å²) in [5.74, 6) is -0.636. The molecule has 0 amide bonds. The third kappa shape index (κ3) is 3.08. The molecule has 2 rings (SSSR count). The smallest absolute Gasteiger partial charge is 0.324 e. The Kier molecular flexibility index (Phi) is 4.62. The van der Waals surface area contributed by atoms with E-state index in [0.29, 0.717) is 0 Å². The van der Waals surface area contributed by atoms with Gasteiger partial charge in [-0.1, -0.05) is 17.7 Å². The molecule has 0 saturated carbocycles. The molecule has 1 aliphatic rings. The number of rotatable bonds is 4. The third-order valence-corrected chi connectivity index (χ3v) is 5.43. The van der Waals surface area contributed by atoms with E-state index in [1.165, 1.54) is 19.2 Å². The van der Waals surface area contributed by atoms with E-state index in [1.807, 2.05) is 12.4 Å². The molecule has 1 saturated heterocycles. The van der Waals surface area contributed by atoms with Crippen LogP contribution >= 0.6 is 0 Å². The summed E-state index contributed by atoms with van der Waals surface area (Å²) in [5, 5.41) is 9.01. The highest BCUT2D eigenvalue weighted by Gasteiger charge is 2.44. The van der Waals surface area contributed by atoms with Crippen molar-refractivity contribution in [3.8, 4) is 0 Å². The highest BCUT2D eigenvalue weighted by Crippen LogP contribution is 2.27. The Hall–Kier alpha value is -1.48. The van der Waals surface area contributed by atoms with Crippen molar-refractivity contribution in [1.82, 2.24) is 9.79 Å². The maximum atomic E-state index is 12.6. The first-order valence-electron chi connectivity index (χ1n) is 6.46. The number of aryl methyl sites for hydroxylation is 1. The fourth-order valence-electron chi connectivity index (χ4n) is 2.36. The fraction of sp³-hybridized carbons (Fsp3) is 0.462. The largest absolute Gasteiger partial charge is 0.468 e. The SMILES string of the molecule is COC(=O)[C@@H]1C[C@@H](NO)CN1S(=O)(=O)c1ccc(C)cc1. The van der Waals surface area contributed by atoms with Gasteiger partial charge in [0.25, 0.3) is 0 Å². The van der Waals surface area contributed by atoms with Gasteiger partial charge in [-0.05, 0) is 25.5 Å². The number of esters is 1. The molecule has 8 heteroatoms. The van der Waals surface area contributed by atoms with Gasteiger partial charge in [-0.3, -0.25) is 4.79 Å². The van der Waals surface area contributed by atoms with E-state index in [4.69, 9.17) is 5.21 Å². The van der Waals surface area contributed by atoms with E-state index in [9.17, 15) is 13.2 Å². The Morgan fingerprint density at radius 1 is 1.38 bits per heavy atom. The topological polar surface area (TPSA) is 95.9 Å². The molecule has 21 heavy (non-hydrogen) atoms. The zero-order chi connectivity index (χ0) is 15.6. The number of hydrogen-bond donors (Lipinski definition) is 2. The van der Waals surface area contributed by atoms with E-state index < -0.39 is 28.1 Å². The molecule has 1 aromatic rings. The Balaban J connectivity index is 2.36. The van der Waals surface area contributed by atoms with Crippen LogP contribution in [0.2, 0.25) is 0 Å². The average Bonchev–Trinajstić information content (AvgIpc) is 2.92. The van der Waals surface area contributed by atoms with Crippen LogP contribution in [0.5, 0.6) is 0 Å². The Morgan fingerprint density at radius 3 is 2.52 bits per heavy atom. The monoisotopic (exact) mass is 314 g/mol. The number of nitrogens with one attached hydrogen (secondary N) is 1. The van der Waals surface area contributed by atoms with Gasteiger partial charge >= 0.3 is 5.97 Å². The molecule has 7 nitrogen and oxygen atoms in total. The second-order valence-electron chi connectivity index (χ2n) is 4.99. The zero-order valence-electron chi connectivity index (χ0n) is 11.8. The van der Waals surface area contributed by atoms with Crippen LogP contribution < -0.4 is 5.48 Å². The van der Waals surface area contributed by atoms with Crippen molar-refractivity contribution in [3.63, 3.8) is 0 Å². The summed E-state index contributed by atoms with van der Waals surface area (Å²) in [7, 11) is -2.61. The molecule has 2 N–H and O–H groups in total. The molecule has 0 aromatic heterocycles. The first kappa shape index (κ1) is 15.9. The van der Waals surface area contributed by atoms with Gasteiger partial charge in [0.1, 0.15) is 6.04 Å². The lowest BCUT2D eigenvalue weighted by molar-refractivity contribution is -0.144. The van der Waals surface area contributed by atoms with Crippen LogP contribution in [-0.2, 0) is 19.6 Å². The molecule has 1 fully saturated rings. The van der Waals surface area contributed by atoms with E-state index >= 15 is 0 Å².